The third-order valence-corrected chi connectivity index (χ3v) is 4.03. The predicted octanol–water partition coefficient (Wildman–Crippen LogP) is 4.84. The van der Waals surface area contributed by atoms with Crippen LogP contribution in [0.2, 0.25) is 0 Å². The van der Waals surface area contributed by atoms with Gasteiger partial charge in [-0.3, -0.25) is 9.78 Å². The van der Waals surface area contributed by atoms with E-state index >= 15 is 0 Å². The SMILES string of the molecule is Cc1cccc(COc2cc(C)nc(C)c2C(=O)Nc2ccccc2)c1. The molecule has 0 radical (unpaired) electrons. The van der Waals surface area contributed by atoms with Crippen LogP contribution in [0.1, 0.15) is 32.9 Å². The molecule has 0 unspecified atom stereocenters. The largest absolute Gasteiger partial charge is 0.488 e. The summed E-state index contributed by atoms with van der Waals surface area (Å²) in [5.41, 5.74) is 4.91. The number of carbonyl (C=O) groups is 1. The Hall–Kier alpha value is -3.14. The Morgan fingerprint density at radius 2 is 1.77 bits per heavy atom. The highest BCUT2D eigenvalue weighted by Gasteiger charge is 2.18. The number of hydrogen-bond acceptors (Lipinski definition) is 3. The zero-order valence-electron chi connectivity index (χ0n) is 15.2. The van der Waals surface area contributed by atoms with E-state index < -0.39 is 0 Å². The van der Waals surface area contributed by atoms with Crippen LogP contribution in [0.25, 0.3) is 0 Å². The zero-order chi connectivity index (χ0) is 18.5. The Morgan fingerprint density at radius 3 is 2.50 bits per heavy atom. The molecule has 1 amide bonds. The van der Waals surface area contributed by atoms with Crippen molar-refractivity contribution in [3.63, 3.8) is 0 Å². The summed E-state index contributed by atoms with van der Waals surface area (Å²) in [4.78, 5) is 17.2. The number of ether oxygens (including phenoxy) is 1. The van der Waals surface area contributed by atoms with Crippen LogP contribution in [-0.4, -0.2) is 10.9 Å². The molecule has 1 aromatic heterocycles. The van der Waals surface area contributed by atoms with E-state index in [-0.39, 0.29) is 5.91 Å². The van der Waals surface area contributed by atoms with Gasteiger partial charge in [0.15, 0.2) is 0 Å². The lowest BCUT2D eigenvalue weighted by Crippen LogP contribution is -2.16. The number of nitrogens with zero attached hydrogens (tertiary/aromatic N) is 1. The minimum Gasteiger partial charge on any atom is -0.488 e. The number of aromatic nitrogens is 1. The van der Waals surface area contributed by atoms with E-state index in [1.807, 2.05) is 75.4 Å². The Kier molecular flexibility index (Phi) is 5.32. The van der Waals surface area contributed by atoms with Crippen molar-refractivity contribution in [2.75, 3.05) is 5.32 Å². The number of benzene rings is 2. The Bertz CT molecular complexity index is 921. The normalized spacial score (nSPS) is 10.4. The summed E-state index contributed by atoms with van der Waals surface area (Å²) in [6.07, 6.45) is 0. The molecule has 1 heterocycles. The van der Waals surface area contributed by atoms with Gasteiger partial charge >= 0.3 is 0 Å². The van der Waals surface area contributed by atoms with Gasteiger partial charge in [0.05, 0.1) is 5.69 Å². The van der Waals surface area contributed by atoms with Crippen LogP contribution in [0, 0.1) is 20.8 Å². The quantitative estimate of drug-likeness (QED) is 0.719. The summed E-state index contributed by atoms with van der Waals surface area (Å²) >= 11 is 0. The first-order valence-electron chi connectivity index (χ1n) is 8.56. The monoisotopic (exact) mass is 346 g/mol. The van der Waals surface area contributed by atoms with Crippen molar-refractivity contribution in [1.82, 2.24) is 4.98 Å². The van der Waals surface area contributed by atoms with Crippen LogP contribution >= 0.6 is 0 Å². The zero-order valence-corrected chi connectivity index (χ0v) is 15.2. The van der Waals surface area contributed by atoms with Crippen molar-refractivity contribution in [1.29, 1.82) is 0 Å². The fourth-order valence-corrected chi connectivity index (χ4v) is 2.86. The van der Waals surface area contributed by atoms with Gasteiger partial charge in [0.2, 0.25) is 0 Å². The minimum atomic E-state index is -0.222. The summed E-state index contributed by atoms with van der Waals surface area (Å²) in [7, 11) is 0. The molecule has 0 atom stereocenters. The van der Waals surface area contributed by atoms with E-state index in [0.29, 0.717) is 23.6 Å². The van der Waals surface area contributed by atoms with Gasteiger partial charge in [-0.2, -0.15) is 0 Å². The predicted molar refractivity (Wildman–Crippen MR) is 104 cm³/mol. The Labute approximate surface area is 153 Å². The van der Waals surface area contributed by atoms with Crippen molar-refractivity contribution < 1.29 is 9.53 Å². The number of hydrogen-bond donors (Lipinski definition) is 1. The molecule has 132 valence electrons. The highest BCUT2D eigenvalue weighted by molar-refractivity contribution is 6.07. The molecule has 26 heavy (non-hydrogen) atoms. The van der Waals surface area contributed by atoms with Crippen LogP contribution in [0.3, 0.4) is 0 Å². The van der Waals surface area contributed by atoms with E-state index in [4.69, 9.17) is 4.74 Å². The van der Waals surface area contributed by atoms with Crippen LogP contribution in [0.4, 0.5) is 5.69 Å². The maximum absolute atomic E-state index is 12.8. The number of anilines is 1. The lowest BCUT2D eigenvalue weighted by molar-refractivity contribution is 0.102. The van der Waals surface area contributed by atoms with Gasteiger partial charge in [0.1, 0.15) is 17.9 Å². The summed E-state index contributed by atoms with van der Waals surface area (Å²) in [5.74, 6) is 0.324. The number of amides is 1. The summed E-state index contributed by atoms with van der Waals surface area (Å²) in [5, 5.41) is 2.91. The highest BCUT2D eigenvalue weighted by atomic mass is 16.5. The molecular formula is C22H22N2O2. The molecule has 0 saturated carbocycles. The highest BCUT2D eigenvalue weighted by Crippen LogP contribution is 2.25. The van der Waals surface area contributed by atoms with Gasteiger partial charge in [-0.25, -0.2) is 0 Å². The van der Waals surface area contributed by atoms with E-state index in [2.05, 4.69) is 16.4 Å². The smallest absolute Gasteiger partial charge is 0.261 e. The van der Waals surface area contributed by atoms with Crippen LogP contribution in [0.15, 0.2) is 60.7 Å². The number of carbonyl (C=O) groups excluding carboxylic acids is 1. The molecule has 4 nitrogen and oxygen atoms in total. The third kappa shape index (κ3) is 4.28. The topological polar surface area (TPSA) is 51.2 Å². The summed E-state index contributed by atoms with van der Waals surface area (Å²) < 4.78 is 6.00. The van der Waals surface area contributed by atoms with Crippen molar-refractivity contribution in [2.24, 2.45) is 0 Å². The molecule has 0 aliphatic heterocycles. The van der Waals surface area contributed by atoms with Crippen molar-refractivity contribution >= 4 is 11.6 Å². The van der Waals surface area contributed by atoms with Crippen molar-refractivity contribution in [2.45, 2.75) is 27.4 Å². The van der Waals surface area contributed by atoms with Crippen LogP contribution in [-0.2, 0) is 6.61 Å². The number of aryl methyl sites for hydroxylation is 3. The summed E-state index contributed by atoms with van der Waals surface area (Å²) in [6.45, 7) is 6.16. The van der Waals surface area contributed by atoms with E-state index in [1.54, 1.807) is 0 Å². The van der Waals surface area contributed by atoms with E-state index in [0.717, 1.165) is 16.9 Å². The third-order valence-electron chi connectivity index (χ3n) is 4.03. The van der Waals surface area contributed by atoms with Crippen LogP contribution in [0.5, 0.6) is 5.75 Å². The maximum atomic E-state index is 12.8. The Morgan fingerprint density at radius 1 is 1.00 bits per heavy atom. The number of rotatable bonds is 5. The van der Waals surface area contributed by atoms with Gasteiger partial charge in [0, 0.05) is 17.4 Å². The second-order valence-electron chi connectivity index (χ2n) is 6.32. The molecule has 3 rings (SSSR count). The average Bonchev–Trinajstić information content (AvgIpc) is 2.60. The van der Waals surface area contributed by atoms with Gasteiger partial charge in [-0.15, -0.1) is 0 Å². The molecule has 0 aliphatic carbocycles. The first-order valence-corrected chi connectivity index (χ1v) is 8.56. The molecule has 0 bridgehead atoms. The number of para-hydroxylation sites is 1. The molecule has 0 spiro atoms. The number of nitrogens with one attached hydrogen (secondary N) is 1. The molecule has 2 aromatic carbocycles. The van der Waals surface area contributed by atoms with E-state index in [9.17, 15) is 4.79 Å². The molecule has 4 heteroatoms. The van der Waals surface area contributed by atoms with E-state index in [1.165, 1.54) is 5.56 Å². The second kappa shape index (κ2) is 7.83. The first-order chi connectivity index (χ1) is 12.5. The standard InChI is InChI=1S/C22H22N2O2/c1-15-8-7-9-18(12-15)14-26-20-13-16(2)23-17(3)21(20)22(25)24-19-10-5-4-6-11-19/h4-13H,14H2,1-3H3,(H,24,25). The van der Waals surface area contributed by atoms with Gasteiger partial charge in [-0.1, -0.05) is 48.0 Å². The van der Waals surface area contributed by atoms with Crippen molar-refractivity contribution in [3.05, 3.63) is 88.7 Å². The minimum absolute atomic E-state index is 0.222. The average molecular weight is 346 g/mol. The Balaban J connectivity index is 1.86. The molecule has 0 fully saturated rings. The molecule has 1 N–H and O–H groups in total. The number of pyridine rings is 1. The van der Waals surface area contributed by atoms with Crippen molar-refractivity contribution in [3.8, 4) is 5.75 Å². The molecule has 0 saturated heterocycles. The fraction of sp³-hybridized carbons (Fsp3) is 0.182. The van der Waals surface area contributed by atoms with Gasteiger partial charge in [-0.05, 0) is 38.5 Å². The second-order valence-corrected chi connectivity index (χ2v) is 6.32. The lowest BCUT2D eigenvalue weighted by Gasteiger charge is -2.15. The molecule has 3 aromatic rings. The first kappa shape index (κ1) is 17.7. The fourth-order valence-electron chi connectivity index (χ4n) is 2.86. The maximum Gasteiger partial charge on any atom is 0.261 e. The molecule has 0 aliphatic rings. The molecular weight excluding hydrogens is 324 g/mol. The summed E-state index contributed by atoms with van der Waals surface area (Å²) in [6, 6.07) is 19.3. The lowest BCUT2D eigenvalue weighted by atomic mass is 10.1. The van der Waals surface area contributed by atoms with Gasteiger partial charge in [0.25, 0.3) is 5.91 Å². The van der Waals surface area contributed by atoms with Gasteiger partial charge < -0.3 is 10.1 Å². The van der Waals surface area contributed by atoms with Crippen LogP contribution < -0.4 is 10.1 Å².